The van der Waals surface area contributed by atoms with Gasteiger partial charge in [0.2, 0.25) is 11.8 Å². The van der Waals surface area contributed by atoms with E-state index >= 15 is 0 Å². The molecule has 166 valence electrons. The minimum atomic E-state index is -0.627. The predicted octanol–water partition coefficient (Wildman–Crippen LogP) is 4.39. The molecule has 3 rings (SSSR count). The van der Waals surface area contributed by atoms with Crippen LogP contribution in [0.4, 0.5) is 4.39 Å². The third-order valence-electron chi connectivity index (χ3n) is 6.77. The van der Waals surface area contributed by atoms with Crippen molar-refractivity contribution in [3.05, 3.63) is 33.6 Å². The number of hydrogen-bond donors (Lipinski definition) is 3. The van der Waals surface area contributed by atoms with Crippen molar-refractivity contribution in [3.63, 3.8) is 0 Å². The van der Waals surface area contributed by atoms with Gasteiger partial charge in [0.1, 0.15) is 5.82 Å². The van der Waals surface area contributed by atoms with Crippen molar-refractivity contribution in [3.8, 4) is 0 Å². The number of carbonyl (C=O) groups is 2. The van der Waals surface area contributed by atoms with Gasteiger partial charge in [-0.25, -0.2) is 4.39 Å². The molecule has 2 aliphatic rings. The average Bonchev–Trinajstić information content (AvgIpc) is 3.30. The molecular formula is C22H29Cl2FN2O3. The zero-order valence-electron chi connectivity index (χ0n) is 17.3. The first-order valence-corrected chi connectivity index (χ1v) is 11.2. The Bertz CT molecular complexity index is 814. The fourth-order valence-corrected chi connectivity index (χ4v) is 5.60. The van der Waals surface area contributed by atoms with E-state index in [4.69, 9.17) is 23.2 Å². The molecule has 0 saturated heterocycles. The van der Waals surface area contributed by atoms with E-state index in [1.165, 1.54) is 19.1 Å². The lowest BCUT2D eigenvalue weighted by Gasteiger charge is -2.37. The van der Waals surface area contributed by atoms with Crippen molar-refractivity contribution in [1.82, 2.24) is 10.6 Å². The first-order chi connectivity index (χ1) is 14.2. The first kappa shape index (κ1) is 23.3. The molecule has 0 heterocycles. The van der Waals surface area contributed by atoms with Crippen LogP contribution < -0.4 is 10.6 Å². The third kappa shape index (κ3) is 4.76. The summed E-state index contributed by atoms with van der Waals surface area (Å²) in [6.45, 7) is 3.32. The topological polar surface area (TPSA) is 78.4 Å². The molecule has 3 N–H and O–H groups in total. The van der Waals surface area contributed by atoms with E-state index in [-0.39, 0.29) is 51.4 Å². The molecule has 2 aliphatic carbocycles. The molecule has 0 aliphatic heterocycles. The second-order valence-electron chi connectivity index (χ2n) is 8.98. The molecule has 2 amide bonds. The lowest BCUT2D eigenvalue weighted by Crippen LogP contribution is -2.43. The number of hydrogen-bond acceptors (Lipinski definition) is 3. The summed E-state index contributed by atoms with van der Waals surface area (Å²) < 4.78 is 14.9. The Morgan fingerprint density at radius 3 is 2.53 bits per heavy atom. The third-order valence-corrected chi connectivity index (χ3v) is 7.59. The summed E-state index contributed by atoms with van der Waals surface area (Å²) in [7, 11) is 0. The number of carbonyl (C=O) groups excluding carboxylic acids is 2. The van der Waals surface area contributed by atoms with Crippen LogP contribution in [0.1, 0.15) is 64.0 Å². The normalized spacial score (nSPS) is 26.4. The maximum Gasteiger partial charge on any atom is 0.224 e. The van der Waals surface area contributed by atoms with Gasteiger partial charge < -0.3 is 15.7 Å². The summed E-state index contributed by atoms with van der Waals surface area (Å²) in [5.74, 6) is -1.65. The summed E-state index contributed by atoms with van der Waals surface area (Å²) >= 11 is 12.6. The monoisotopic (exact) mass is 458 g/mol. The van der Waals surface area contributed by atoms with Crippen molar-refractivity contribution < 1.29 is 19.1 Å². The smallest absolute Gasteiger partial charge is 0.224 e. The molecule has 8 heteroatoms. The predicted molar refractivity (Wildman–Crippen MR) is 115 cm³/mol. The number of benzene rings is 1. The quantitative estimate of drug-likeness (QED) is 0.552. The first-order valence-electron chi connectivity index (χ1n) is 10.5. The van der Waals surface area contributed by atoms with Gasteiger partial charge in [0.25, 0.3) is 0 Å². The van der Waals surface area contributed by atoms with Crippen LogP contribution in [0.25, 0.3) is 0 Å². The standard InChI is InChI=1S/C22H29Cl2FN2O3/c1-12(29)26-14-9-13(11-28)15(10-14)21(30)27-20(22(2)7-3-4-8-22)18-17(25)6-5-16(23)19(18)24/h5-6,13-15,20,28H,3-4,7-11H2,1-2H3,(H,26,29)(H,27,30)/t13-,14-,15-,20?/m0/s1. The Hall–Kier alpha value is -1.37. The van der Waals surface area contributed by atoms with Crippen LogP contribution in [0.2, 0.25) is 10.0 Å². The summed E-state index contributed by atoms with van der Waals surface area (Å²) in [6.07, 6.45) is 4.63. The van der Waals surface area contributed by atoms with Crippen LogP contribution in [-0.4, -0.2) is 29.6 Å². The molecule has 0 spiro atoms. The Labute approximate surface area is 186 Å². The average molecular weight is 459 g/mol. The summed E-state index contributed by atoms with van der Waals surface area (Å²) in [6, 6.07) is 1.90. The maximum absolute atomic E-state index is 14.9. The highest BCUT2D eigenvalue weighted by Gasteiger charge is 2.44. The van der Waals surface area contributed by atoms with E-state index in [0.29, 0.717) is 12.8 Å². The van der Waals surface area contributed by atoms with E-state index in [2.05, 4.69) is 10.6 Å². The fourth-order valence-electron chi connectivity index (χ4n) is 5.18. The van der Waals surface area contributed by atoms with Gasteiger partial charge in [0.15, 0.2) is 0 Å². The van der Waals surface area contributed by atoms with Gasteiger partial charge in [0.05, 0.1) is 16.1 Å². The van der Waals surface area contributed by atoms with Gasteiger partial charge in [-0.15, -0.1) is 0 Å². The number of aliphatic hydroxyl groups excluding tert-OH is 1. The molecule has 0 aromatic heterocycles. The Morgan fingerprint density at radius 2 is 1.93 bits per heavy atom. The molecular weight excluding hydrogens is 430 g/mol. The lowest BCUT2D eigenvalue weighted by atomic mass is 9.76. The molecule has 0 radical (unpaired) electrons. The Morgan fingerprint density at radius 1 is 1.27 bits per heavy atom. The van der Waals surface area contributed by atoms with E-state index in [1.54, 1.807) is 0 Å². The number of halogens is 3. The largest absolute Gasteiger partial charge is 0.396 e. The van der Waals surface area contributed by atoms with E-state index in [0.717, 1.165) is 25.7 Å². The van der Waals surface area contributed by atoms with Gasteiger partial charge in [-0.05, 0) is 49.1 Å². The molecule has 2 saturated carbocycles. The number of rotatable bonds is 6. The fraction of sp³-hybridized carbons (Fsp3) is 0.636. The van der Waals surface area contributed by atoms with Gasteiger partial charge in [-0.1, -0.05) is 43.0 Å². The highest BCUT2D eigenvalue weighted by molar-refractivity contribution is 6.42. The molecule has 30 heavy (non-hydrogen) atoms. The van der Waals surface area contributed by atoms with E-state index in [9.17, 15) is 19.1 Å². The highest BCUT2D eigenvalue weighted by Crippen LogP contribution is 2.50. The van der Waals surface area contributed by atoms with Gasteiger partial charge in [-0.2, -0.15) is 0 Å². The second-order valence-corrected chi connectivity index (χ2v) is 9.76. The molecule has 1 aromatic carbocycles. The van der Waals surface area contributed by atoms with E-state index in [1.807, 2.05) is 6.92 Å². The number of aliphatic hydroxyl groups is 1. The molecule has 2 fully saturated rings. The van der Waals surface area contributed by atoms with Gasteiger partial charge in [0, 0.05) is 31.1 Å². The van der Waals surface area contributed by atoms with Crippen LogP contribution in [0.3, 0.4) is 0 Å². The van der Waals surface area contributed by atoms with Crippen molar-refractivity contribution in [1.29, 1.82) is 0 Å². The lowest BCUT2D eigenvalue weighted by molar-refractivity contribution is -0.128. The molecule has 5 nitrogen and oxygen atoms in total. The maximum atomic E-state index is 14.9. The van der Waals surface area contributed by atoms with Crippen LogP contribution in [0, 0.1) is 23.1 Å². The molecule has 1 aromatic rings. The molecule has 1 unspecified atom stereocenters. The zero-order chi connectivity index (χ0) is 22.1. The highest BCUT2D eigenvalue weighted by atomic mass is 35.5. The van der Waals surface area contributed by atoms with Gasteiger partial charge in [-0.3, -0.25) is 9.59 Å². The number of amides is 2. The summed E-state index contributed by atoms with van der Waals surface area (Å²) in [5.41, 5.74) is -0.131. The summed E-state index contributed by atoms with van der Waals surface area (Å²) in [4.78, 5) is 24.7. The minimum Gasteiger partial charge on any atom is -0.396 e. The van der Waals surface area contributed by atoms with Crippen molar-refractivity contribution >= 4 is 35.0 Å². The number of nitrogens with one attached hydrogen (secondary N) is 2. The van der Waals surface area contributed by atoms with Crippen LogP contribution in [0.5, 0.6) is 0 Å². The molecule has 0 bridgehead atoms. The zero-order valence-corrected chi connectivity index (χ0v) is 18.8. The van der Waals surface area contributed by atoms with Crippen LogP contribution in [-0.2, 0) is 9.59 Å². The SMILES string of the molecule is CC(=O)N[C@H]1C[C@@H](CO)[C@@H](C(=O)NC(c2c(F)ccc(Cl)c2Cl)C2(C)CCCC2)C1. The summed E-state index contributed by atoms with van der Waals surface area (Å²) in [5, 5.41) is 16.0. The minimum absolute atomic E-state index is 0.122. The second kappa shape index (κ2) is 9.41. The van der Waals surface area contributed by atoms with Crippen LogP contribution in [0.15, 0.2) is 12.1 Å². The Balaban J connectivity index is 1.90. The van der Waals surface area contributed by atoms with Crippen molar-refractivity contribution in [2.75, 3.05) is 6.61 Å². The van der Waals surface area contributed by atoms with Gasteiger partial charge >= 0.3 is 0 Å². The van der Waals surface area contributed by atoms with Crippen molar-refractivity contribution in [2.45, 2.75) is 64.5 Å². The molecule has 4 atom stereocenters. The van der Waals surface area contributed by atoms with Crippen LogP contribution >= 0.6 is 23.2 Å². The Kier molecular flexibility index (Phi) is 7.31. The van der Waals surface area contributed by atoms with Crippen molar-refractivity contribution in [2.24, 2.45) is 17.3 Å². The van der Waals surface area contributed by atoms with E-state index < -0.39 is 17.8 Å².